The summed E-state index contributed by atoms with van der Waals surface area (Å²) in [5.41, 5.74) is 2.38. The van der Waals surface area contributed by atoms with Crippen molar-refractivity contribution in [2.24, 2.45) is 0 Å². The minimum Gasteiger partial charge on any atom is -0.310 e. The lowest BCUT2D eigenvalue weighted by molar-refractivity contribution is 0.527. The molecule has 1 heterocycles. The second-order valence-electron chi connectivity index (χ2n) is 4.84. The number of hydrogen-bond donors (Lipinski definition) is 1. The Labute approximate surface area is 153 Å². The van der Waals surface area contributed by atoms with Gasteiger partial charge in [0.15, 0.2) is 0 Å². The van der Waals surface area contributed by atoms with E-state index in [1.54, 1.807) is 12.4 Å². The first-order chi connectivity index (χ1) is 10.1. The lowest BCUT2D eigenvalue weighted by Gasteiger charge is -2.21. The van der Waals surface area contributed by atoms with Crippen molar-refractivity contribution in [3.05, 3.63) is 60.9 Å². The Morgan fingerprint density at radius 3 is 2.90 bits per heavy atom. The van der Waals surface area contributed by atoms with E-state index in [0.717, 1.165) is 34.4 Å². The van der Waals surface area contributed by atoms with Gasteiger partial charge in [-0.05, 0) is 77.4 Å². The van der Waals surface area contributed by atoms with Crippen molar-refractivity contribution in [1.29, 1.82) is 0 Å². The van der Waals surface area contributed by atoms with Gasteiger partial charge in [0.25, 0.3) is 0 Å². The summed E-state index contributed by atoms with van der Waals surface area (Å²) in [7, 11) is 0. The van der Waals surface area contributed by atoms with Crippen molar-refractivity contribution in [2.75, 3.05) is 6.54 Å². The fraction of sp³-hybridized carbons (Fsp3) is 0.312. The molecule has 2 rings (SSSR count). The lowest BCUT2D eigenvalue weighted by Crippen LogP contribution is -2.24. The summed E-state index contributed by atoms with van der Waals surface area (Å²) in [4.78, 5) is 4.06. The number of aromatic nitrogens is 1. The molecule has 1 N–H and O–H groups in total. The number of hydrogen-bond acceptors (Lipinski definition) is 2. The average molecular weight is 480 g/mol. The topological polar surface area (TPSA) is 24.9 Å². The van der Waals surface area contributed by atoms with E-state index >= 15 is 0 Å². The summed E-state index contributed by atoms with van der Waals surface area (Å²) in [6.45, 7) is 3.15. The van der Waals surface area contributed by atoms with Gasteiger partial charge in [0, 0.05) is 26.5 Å². The number of pyridine rings is 1. The van der Waals surface area contributed by atoms with Gasteiger partial charge >= 0.3 is 0 Å². The summed E-state index contributed by atoms with van der Waals surface area (Å²) in [6, 6.07) is 8.64. The number of rotatable bonds is 6. The molecule has 0 aliphatic rings. The Balaban J connectivity index is 2.30. The smallest absolute Gasteiger partial charge is 0.0622 e. The maximum absolute atomic E-state index is 6.26. The van der Waals surface area contributed by atoms with E-state index in [1.807, 2.05) is 6.07 Å². The molecule has 0 saturated carbocycles. The first kappa shape index (κ1) is 17.2. The third kappa shape index (κ3) is 4.91. The quantitative estimate of drug-likeness (QED) is 0.563. The maximum Gasteiger partial charge on any atom is 0.0622 e. The second kappa shape index (κ2) is 8.46. The third-order valence-corrected chi connectivity index (χ3v) is 4.99. The summed E-state index contributed by atoms with van der Waals surface area (Å²) < 4.78 is 2.36. The van der Waals surface area contributed by atoms with Gasteiger partial charge in [0.05, 0.1) is 5.02 Å². The molecular formula is C16H17BrClIN2. The number of nitrogens with zero attached hydrogens (tertiary/aromatic N) is 1. The van der Waals surface area contributed by atoms with Gasteiger partial charge in [0.2, 0.25) is 0 Å². The van der Waals surface area contributed by atoms with Crippen LogP contribution in [-0.2, 0) is 6.42 Å². The summed E-state index contributed by atoms with van der Waals surface area (Å²) >= 11 is 12.3. The monoisotopic (exact) mass is 478 g/mol. The Kier molecular flexibility index (Phi) is 6.92. The molecule has 1 atom stereocenters. The molecule has 21 heavy (non-hydrogen) atoms. The molecule has 1 unspecified atom stereocenters. The molecule has 0 spiro atoms. The van der Waals surface area contributed by atoms with Gasteiger partial charge < -0.3 is 5.32 Å². The van der Waals surface area contributed by atoms with Crippen molar-refractivity contribution in [1.82, 2.24) is 10.3 Å². The Bertz CT molecular complexity index is 607. The van der Waals surface area contributed by atoms with Gasteiger partial charge in [-0.15, -0.1) is 0 Å². The van der Waals surface area contributed by atoms with Crippen molar-refractivity contribution >= 4 is 50.1 Å². The highest BCUT2D eigenvalue weighted by molar-refractivity contribution is 14.1. The van der Waals surface area contributed by atoms with Crippen LogP contribution in [0.25, 0.3) is 0 Å². The molecule has 0 aliphatic carbocycles. The normalized spacial score (nSPS) is 12.4. The van der Waals surface area contributed by atoms with Gasteiger partial charge in [-0.3, -0.25) is 4.98 Å². The molecule has 0 fully saturated rings. The Hall–Kier alpha value is -0.170. The molecule has 2 nitrogen and oxygen atoms in total. The van der Waals surface area contributed by atoms with Gasteiger partial charge in [-0.2, -0.15) is 0 Å². The van der Waals surface area contributed by atoms with Crippen LogP contribution in [0.2, 0.25) is 5.02 Å². The summed E-state index contributed by atoms with van der Waals surface area (Å²) in [5, 5.41) is 4.34. The zero-order chi connectivity index (χ0) is 15.2. The second-order valence-corrected chi connectivity index (χ2v) is 7.35. The van der Waals surface area contributed by atoms with Crippen molar-refractivity contribution in [2.45, 2.75) is 25.8 Å². The zero-order valence-electron chi connectivity index (χ0n) is 11.7. The lowest BCUT2D eigenvalue weighted by atomic mass is 9.99. The van der Waals surface area contributed by atoms with Crippen molar-refractivity contribution in [3.8, 4) is 0 Å². The van der Waals surface area contributed by atoms with Gasteiger partial charge in [-0.1, -0.05) is 34.5 Å². The van der Waals surface area contributed by atoms with Gasteiger partial charge in [-0.25, -0.2) is 0 Å². The molecule has 0 aliphatic heterocycles. The van der Waals surface area contributed by atoms with Crippen LogP contribution in [0.5, 0.6) is 0 Å². The molecule has 0 amide bonds. The molecule has 112 valence electrons. The number of halogens is 3. The van der Waals surface area contributed by atoms with E-state index < -0.39 is 0 Å². The Morgan fingerprint density at radius 2 is 2.19 bits per heavy atom. The van der Waals surface area contributed by atoms with Crippen LogP contribution >= 0.6 is 50.1 Å². The molecule has 2 aromatic rings. The van der Waals surface area contributed by atoms with Crippen LogP contribution in [0.15, 0.2) is 41.1 Å². The summed E-state index contributed by atoms with van der Waals surface area (Å²) in [5.74, 6) is 0. The third-order valence-electron chi connectivity index (χ3n) is 3.25. The molecule has 5 heteroatoms. The molecular weight excluding hydrogens is 462 g/mol. The van der Waals surface area contributed by atoms with E-state index in [0.29, 0.717) is 0 Å². The predicted molar refractivity (Wildman–Crippen MR) is 101 cm³/mol. The highest BCUT2D eigenvalue weighted by Crippen LogP contribution is 2.29. The van der Waals surface area contributed by atoms with E-state index in [2.05, 4.69) is 73.9 Å². The average Bonchev–Trinajstić information content (AvgIpc) is 2.48. The SMILES string of the molecule is CCCNC(Cc1ccncc1Cl)c1cc(I)ccc1Br. The molecule has 0 radical (unpaired) electrons. The molecule has 0 saturated heterocycles. The molecule has 1 aromatic carbocycles. The van der Waals surface area contributed by atoms with Crippen molar-refractivity contribution < 1.29 is 0 Å². The molecule has 0 bridgehead atoms. The maximum atomic E-state index is 6.26. The Morgan fingerprint density at radius 1 is 1.38 bits per heavy atom. The van der Waals surface area contributed by atoms with Crippen LogP contribution < -0.4 is 5.32 Å². The van der Waals surface area contributed by atoms with Gasteiger partial charge in [0.1, 0.15) is 0 Å². The first-order valence-corrected chi connectivity index (χ1v) is 9.13. The van der Waals surface area contributed by atoms with E-state index in [9.17, 15) is 0 Å². The van der Waals surface area contributed by atoms with Crippen molar-refractivity contribution in [3.63, 3.8) is 0 Å². The van der Waals surface area contributed by atoms with Crippen LogP contribution in [0, 0.1) is 3.57 Å². The number of benzene rings is 1. The number of nitrogens with one attached hydrogen (secondary N) is 1. The minimum absolute atomic E-state index is 0.231. The van der Waals surface area contributed by atoms with E-state index in [-0.39, 0.29) is 6.04 Å². The van der Waals surface area contributed by atoms with Crippen LogP contribution in [0.1, 0.15) is 30.5 Å². The van der Waals surface area contributed by atoms with Crippen LogP contribution in [-0.4, -0.2) is 11.5 Å². The first-order valence-electron chi connectivity index (χ1n) is 6.88. The predicted octanol–water partition coefficient (Wildman–Crippen LogP) is 5.39. The highest BCUT2D eigenvalue weighted by atomic mass is 127. The standard InChI is InChI=1S/C16H17BrClIN2/c1-2-6-21-16(8-11-5-7-20-10-15(11)18)13-9-12(19)3-4-14(13)17/h3-5,7,9-10,16,21H,2,6,8H2,1H3. The van der Waals surface area contributed by atoms with E-state index in [4.69, 9.17) is 11.6 Å². The summed E-state index contributed by atoms with van der Waals surface area (Å²) in [6.07, 6.45) is 5.45. The minimum atomic E-state index is 0.231. The van der Waals surface area contributed by atoms with E-state index in [1.165, 1.54) is 9.13 Å². The fourth-order valence-corrected chi connectivity index (χ4v) is 3.42. The largest absolute Gasteiger partial charge is 0.310 e. The molecule has 1 aromatic heterocycles. The van der Waals surface area contributed by atoms with Crippen LogP contribution in [0.3, 0.4) is 0 Å². The highest BCUT2D eigenvalue weighted by Gasteiger charge is 2.16. The van der Waals surface area contributed by atoms with Crippen LogP contribution in [0.4, 0.5) is 0 Å². The zero-order valence-corrected chi connectivity index (χ0v) is 16.2. The fourth-order valence-electron chi connectivity index (χ4n) is 2.18.